The van der Waals surface area contributed by atoms with Crippen molar-refractivity contribution in [1.82, 2.24) is 5.32 Å². The topological polar surface area (TPSA) is 66.4 Å². The molecule has 0 aliphatic rings. The van der Waals surface area contributed by atoms with Crippen molar-refractivity contribution in [2.75, 3.05) is 6.54 Å². The fourth-order valence-electron chi connectivity index (χ4n) is 1.46. The highest BCUT2D eigenvalue weighted by molar-refractivity contribution is 5.91. The fraction of sp³-hybridized carbons (Fsp3) is 0.692. The van der Waals surface area contributed by atoms with Crippen LogP contribution in [0, 0.1) is 0 Å². The summed E-state index contributed by atoms with van der Waals surface area (Å²) in [5.41, 5.74) is 0.540. The third-order valence-electron chi connectivity index (χ3n) is 2.49. The van der Waals surface area contributed by atoms with Crippen LogP contribution in [0.3, 0.4) is 0 Å². The zero-order chi connectivity index (χ0) is 13.1. The van der Waals surface area contributed by atoms with Crippen LogP contribution in [0.2, 0.25) is 0 Å². The maximum atomic E-state index is 11.1. The second-order valence-electron chi connectivity index (χ2n) is 4.30. The van der Waals surface area contributed by atoms with Crippen LogP contribution in [0.1, 0.15) is 51.9 Å². The van der Waals surface area contributed by atoms with Gasteiger partial charge < -0.3 is 10.4 Å². The monoisotopic (exact) mass is 241 g/mol. The van der Waals surface area contributed by atoms with Crippen LogP contribution in [-0.2, 0) is 9.59 Å². The minimum absolute atomic E-state index is 0.0774. The summed E-state index contributed by atoms with van der Waals surface area (Å²) in [5, 5.41) is 11.2. The minimum Gasteiger partial charge on any atom is -0.481 e. The molecule has 4 heteroatoms. The Morgan fingerprint density at radius 1 is 1.06 bits per heavy atom. The Kier molecular flexibility index (Phi) is 9.11. The number of carbonyl (C=O) groups excluding carboxylic acids is 1. The molecular weight excluding hydrogens is 218 g/mol. The zero-order valence-electron chi connectivity index (χ0n) is 10.6. The van der Waals surface area contributed by atoms with E-state index in [1.165, 1.54) is 0 Å². The van der Waals surface area contributed by atoms with Crippen LogP contribution in [0.25, 0.3) is 0 Å². The molecule has 98 valence electrons. The highest BCUT2D eigenvalue weighted by atomic mass is 16.4. The summed E-state index contributed by atoms with van der Waals surface area (Å²) in [6, 6.07) is 0. The van der Waals surface area contributed by atoms with Crippen molar-refractivity contribution in [3.63, 3.8) is 0 Å². The molecule has 0 unspecified atom stereocenters. The highest BCUT2D eigenvalue weighted by Crippen LogP contribution is 2.06. The molecule has 4 nitrogen and oxygen atoms in total. The van der Waals surface area contributed by atoms with E-state index in [4.69, 9.17) is 5.11 Å². The number of rotatable bonds is 10. The average Bonchev–Trinajstić information content (AvgIpc) is 2.25. The lowest BCUT2D eigenvalue weighted by Gasteiger charge is -2.04. The Labute approximate surface area is 103 Å². The molecule has 0 heterocycles. The molecule has 0 aliphatic carbocycles. The minimum atomic E-state index is -0.715. The summed E-state index contributed by atoms with van der Waals surface area (Å²) in [6.45, 7) is 5.95. The molecule has 0 rings (SSSR count). The number of hydrogen-bond acceptors (Lipinski definition) is 2. The molecule has 0 radical (unpaired) electrons. The molecule has 17 heavy (non-hydrogen) atoms. The number of amides is 1. The van der Waals surface area contributed by atoms with E-state index in [2.05, 4.69) is 11.9 Å². The van der Waals surface area contributed by atoms with E-state index < -0.39 is 5.97 Å². The molecule has 0 aromatic rings. The van der Waals surface area contributed by atoms with Crippen LogP contribution in [0.4, 0.5) is 0 Å². The molecule has 0 saturated carbocycles. The lowest BCUT2D eigenvalue weighted by atomic mass is 10.1. The predicted octanol–water partition coefficient (Wildman–Crippen LogP) is 2.49. The van der Waals surface area contributed by atoms with Crippen LogP contribution >= 0.6 is 0 Å². The van der Waals surface area contributed by atoms with Crippen molar-refractivity contribution in [3.05, 3.63) is 12.2 Å². The predicted molar refractivity (Wildman–Crippen MR) is 67.8 cm³/mol. The standard InChI is InChI=1S/C13H23NO3/c1-11(2)13(17)14-10-8-6-4-3-5-7-9-12(15)16/h1,3-10H2,2H3,(H,14,17)(H,15,16). The summed E-state index contributed by atoms with van der Waals surface area (Å²) in [4.78, 5) is 21.4. The van der Waals surface area contributed by atoms with E-state index >= 15 is 0 Å². The summed E-state index contributed by atoms with van der Waals surface area (Å²) >= 11 is 0. The number of unbranched alkanes of at least 4 members (excludes halogenated alkanes) is 5. The van der Waals surface area contributed by atoms with Crippen LogP contribution in [0.15, 0.2) is 12.2 Å². The Bertz CT molecular complexity index is 261. The van der Waals surface area contributed by atoms with E-state index in [9.17, 15) is 9.59 Å². The first-order chi connectivity index (χ1) is 8.04. The summed E-state index contributed by atoms with van der Waals surface area (Å²) in [7, 11) is 0. The van der Waals surface area contributed by atoms with Gasteiger partial charge in [-0.2, -0.15) is 0 Å². The van der Waals surface area contributed by atoms with Crippen molar-refractivity contribution < 1.29 is 14.7 Å². The zero-order valence-corrected chi connectivity index (χ0v) is 10.6. The molecule has 0 aliphatic heterocycles. The molecule has 0 spiro atoms. The Morgan fingerprint density at radius 3 is 2.12 bits per heavy atom. The van der Waals surface area contributed by atoms with E-state index in [1.807, 2.05) is 0 Å². The first-order valence-corrected chi connectivity index (χ1v) is 6.19. The summed E-state index contributed by atoms with van der Waals surface area (Å²) < 4.78 is 0. The van der Waals surface area contributed by atoms with Gasteiger partial charge in [-0.1, -0.05) is 32.3 Å². The maximum Gasteiger partial charge on any atom is 0.303 e. The number of nitrogens with one attached hydrogen (secondary N) is 1. The molecule has 0 saturated heterocycles. The van der Waals surface area contributed by atoms with Gasteiger partial charge in [0.2, 0.25) is 5.91 Å². The molecule has 0 aromatic heterocycles. The lowest BCUT2D eigenvalue weighted by Crippen LogP contribution is -2.24. The van der Waals surface area contributed by atoms with Crippen LogP contribution < -0.4 is 5.32 Å². The number of hydrogen-bond donors (Lipinski definition) is 2. The van der Waals surface area contributed by atoms with Gasteiger partial charge in [-0.05, 0) is 19.8 Å². The number of aliphatic carboxylic acids is 1. The quantitative estimate of drug-likeness (QED) is 0.456. The van der Waals surface area contributed by atoms with Crippen molar-refractivity contribution in [2.24, 2.45) is 0 Å². The molecule has 0 atom stereocenters. The fourth-order valence-corrected chi connectivity index (χ4v) is 1.46. The van der Waals surface area contributed by atoms with E-state index in [-0.39, 0.29) is 12.3 Å². The maximum absolute atomic E-state index is 11.1. The third-order valence-corrected chi connectivity index (χ3v) is 2.49. The first-order valence-electron chi connectivity index (χ1n) is 6.19. The molecule has 2 N–H and O–H groups in total. The van der Waals surface area contributed by atoms with Gasteiger partial charge in [0.15, 0.2) is 0 Å². The number of carboxylic acid groups (broad SMARTS) is 1. The number of carbonyl (C=O) groups is 2. The van der Waals surface area contributed by atoms with Gasteiger partial charge in [-0.25, -0.2) is 0 Å². The molecule has 1 amide bonds. The van der Waals surface area contributed by atoms with E-state index in [0.29, 0.717) is 12.1 Å². The largest absolute Gasteiger partial charge is 0.481 e. The lowest BCUT2D eigenvalue weighted by molar-refractivity contribution is -0.137. The Hall–Kier alpha value is -1.32. The summed E-state index contributed by atoms with van der Waals surface area (Å²) in [6.07, 6.45) is 6.23. The number of carboxylic acids is 1. The second-order valence-corrected chi connectivity index (χ2v) is 4.30. The van der Waals surface area contributed by atoms with Crippen molar-refractivity contribution >= 4 is 11.9 Å². The normalized spacial score (nSPS) is 9.94. The average molecular weight is 241 g/mol. The van der Waals surface area contributed by atoms with Gasteiger partial charge in [0.1, 0.15) is 0 Å². The van der Waals surface area contributed by atoms with E-state index in [1.54, 1.807) is 6.92 Å². The smallest absolute Gasteiger partial charge is 0.303 e. The van der Waals surface area contributed by atoms with Gasteiger partial charge in [0, 0.05) is 18.5 Å². The van der Waals surface area contributed by atoms with Crippen molar-refractivity contribution in [1.29, 1.82) is 0 Å². The molecule has 0 fully saturated rings. The van der Waals surface area contributed by atoms with Gasteiger partial charge in [-0.15, -0.1) is 0 Å². The Balaban J connectivity index is 3.16. The van der Waals surface area contributed by atoms with Gasteiger partial charge in [0.05, 0.1) is 0 Å². The molecule has 0 aromatic carbocycles. The Morgan fingerprint density at radius 2 is 1.59 bits per heavy atom. The van der Waals surface area contributed by atoms with Gasteiger partial charge >= 0.3 is 5.97 Å². The van der Waals surface area contributed by atoms with Gasteiger partial charge in [-0.3, -0.25) is 9.59 Å². The summed E-state index contributed by atoms with van der Waals surface area (Å²) in [5.74, 6) is -0.793. The van der Waals surface area contributed by atoms with Crippen LogP contribution in [0.5, 0.6) is 0 Å². The second kappa shape index (κ2) is 9.87. The van der Waals surface area contributed by atoms with Crippen molar-refractivity contribution in [3.8, 4) is 0 Å². The highest BCUT2D eigenvalue weighted by Gasteiger charge is 1.99. The van der Waals surface area contributed by atoms with E-state index in [0.717, 1.165) is 38.5 Å². The third kappa shape index (κ3) is 11.0. The van der Waals surface area contributed by atoms with Gasteiger partial charge in [0.25, 0.3) is 0 Å². The molecular formula is C13H23NO3. The van der Waals surface area contributed by atoms with Crippen molar-refractivity contribution in [2.45, 2.75) is 51.9 Å². The molecule has 0 bridgehead atoms. The SMILES string of the molecule is C=C(C)C(=O)NCCCCCCCCC(=O)O. The first kappa shape index (κ1) is 15.7. The van der Waals surface area contributed by atoms with Crippen LogP contribution in [-0.4, -0.2) is 23.5 Å².